The summed E-state index contributed by atoms with van der Waals surface area (Å²) in [6, 6.07) is 1.15. The van der Waals surface area contributed by atoms with Crippen LogP contribution >= 0.6 is 0 Å². The summed E-state index contributed by atoms with van der Waals surface area (Å²) in [4.78, 5) is 16.7. The summed E-state index contributed by atoms with van der Waals surface area (Å²) >= 11 is 0. The fraction of sp³-hybridized carbons (Fsp3) is 0.929. The predicted octanol–water partition coefficient (Wildman–Crippen LogP) is 0.00840. The van der Waals surface area contributed by atoms with Crippen molar-refractivity contribution in [3.05, 3.63) is 0 Å². The minimum atomic E-state index is -0.476. The fourth-order valence-corrected chi connectivity index (χ4v) is 3.65. The van der Waals surface area contributed by atoms with Gasteiger partial charge in [0, 0.05) is 31.7 Å². The highest BCUT2D eigenvalue weighted by atomic mass is 16.1. The van der Waals surface area contributed by atoms with E-state index in [0.717, 1.165) is 38.9 Å². The van der Waals surface area contributed by atoms with Gasteiger partial charge in [0.1, 0.15) is 0 Å². The van der Waals surface area contributed by atoms with Crippen LogP contribution in [0.2, 0.25) is 0 Å². The lowest BCUT2D eigenvalue weighted by Gasteiger charge is -2.42. The minimum Gasteiger partial charge on any atom is -0.368 e. The largest absolute Gasteiger partial charge is 0.368 e. The van der Waals surface area contributed by atoms with Crippen molar-refractivity contribution in [2.24, 2.45) is 5.73 Å². The zero-order valence-electron chi connectivity index (χ0n) is 12.5. The first-order valence-corrected chi connectivity index (χ1v) is 7.45. The summed E-state index contributed by atoms with van der Waals surface area (Å²) in [7, 11) is 4.06. The van der Waals surface area contributed by atoms with Gasteiger partial charge in [-0.3, -0.25) is 9.69 Å². The van der Waals surface area contributed by atoms with Crippen molar-refractivity contribution < 1.29 is 4.79 Å². The van der Waals surface area contributed by atoms with Crippen LogP contribution in [-0.4, -0.2) is 67.1 Å². The molecule has 0 bridgehead atoms. The molecular formula is C14H28N4O. The average molecular weight is 268 g/mol. The number of primary amides is 1. The second-order valence-electron chi connectivity index (χ2n) is 6.13. The van der Waals surface area contributed by atoms with E-state index < -0.39 is 5.54 Å². The van der Waals surface area contributed by atoms with E-state index in [1.165, 1.54) is 6.42 Å². The molecule has 0 aromatic carbocycles. The van der Waals surface area contributed by atoms with E-state index in [2.05, 4.69) is 29.1 Å². The van der Waals surface area contributed by atoms with Gasteiger partial charge in [-0.05, 0) is 39.8 Å². The first-order valence-electron chi connectivity index (χ1n) is 7.45. The Kier molecular flexibility index (Phi) is 4.48. The third-order valence-electron chi connectivity index (χ3n) is 5.23. The molecule has 0 radical (unpaired) electrons. The Morgan fingerprint density at radius 1 is 1.47 bits per heavy atom. The lowest BCUT2D eigenvalue weighted by Crippen LogP contribution is -2.56. The van der Waals surface area contributed by atoms with Crippen molar-refractivity contribution in [1.29, 1.82) is 0 Å². The zero-order chi connectivity index (χ0) is 14.0. The molecule has 1 aliphatic carbocycles. The molecule has 110 valence electrons. The van der Waals surface area contributed by atoms with Gasteiger partial charge >= 0.3 is 0 Å². The number of carbonyl (C=O) groups excluding carboxylic acids is 1. The highest BCUT2D eigenvalue weighted by Crippen LogP contribution is 2.33. The first kappa shape index (κ1) is 14.8. The smallest absolute Gasteiger partial charge is 0.237 e. The van der Waals surface area contributed by atoms with Crippen molar-refractivity contribution >= 4 is 5.91 Å². The zero-order valence-corrected chi connectivity index (χ0v) is 12.5. The summed E-state index contributed by atoms with van der Waals surface area (Å²) in [6.07, 6.45) is 3.99. The predicted molar refractivity (Wildman–Crippen MR) is 76.9 cm³/mol. The van der Waals surface area contributed by atoms with Crippen molar-refractivity contribution in [2.45, 2.75) is 50.2 Å². The number of carbonyl (C=O) groups is 1. The number of likely N-dealkylation sites (N-methyl/N-ethyl adjacent to an activating group) is 2. The van der Waals surface area contributed by atoms with Gasteiger partial charge < -0.3 is 16.0 Å². The van der Waals surface area contributed by atoms with Crippen LogP contribution in [0.5, 0.6) is 0 Å². The van der Waals surface area contributed by atoms with Crippen LogP contribution in [0.25, 0.3) is 0 Å². The van der Waals surface area contributed by atoms with Crippen LogP contribution in [0.3, 0.4) is 0 Å². The van der Waals surface area contributed by atoms with Crippen molar-refractivity contribution in [2.75, 3.05) is 33.7 Å². The van der Waals surface area contributed by atoms with Gasteiger partial charge in [0.25, 0.3) is 0 Å². The molecule has 3 N–H and O–H groups in total. The molecule has 1 amide bonds. The lowest BCUT2D eigenvalue weighted by molar-refractivity contribution is -0.124. The molecule has 2 aliphatic rings. The molecule has 3 unspecified atom stereocenters. The van der Waals surface area contributed by atoms with Crippen LogP contribution in [-0.2, 0) is 4.79 Å². The normalized spacial score (nSPS) is 37.6. The minimum absolute atomic E-state index is 0.196. The van der Waals surface area contributed by atoms with Gasteiger partial charge in [0.2, 0.25) is 5.91 Å². The average Bonchev–Trinajstić information content (AvgIpc) is 2.85. The van der Waals surface area contributed by atoms with E-state index in [9.17, 15) is 4.79 Å². The van der Waals surface area contributed by atoms with Gasteiger partial charge in [-0.1, -0.05) is 6.92 Å². The summed E-state index contributed by atoms with van der Waals surface area (Å²) in [5.41, 5.74) is 5.11. The van der Waals surface area contributed by atoms with Gasteiger partial charge in [-0.2, -0.15) is 0 Å². The Morgan fingerprint density at radius 3 is 2.74 bits per heavy atom. The van der Waals surface area contributed by atoms with Crippen molar-refractivity contribution in [3.8, 4) is 0 Å². The quantitative estimate of drug-likeness (QED) is 0.754. The van der Waals surface area contributed by atoms with E-state index in [0.29, 0.717) is 12.1 Å². The SMILES string of the molecule is CCC1CN(C2CCC(NC)(C(N)=O)C2)CCN1C. The molecule has 2 fully saturated rings. The van der Waals surface area contributed by atoms with E-state index in [1.54, 1.807) is 0 Å². The van der Waals surface area contributed by atoms with Crippen LogP contribution in [0.1, 0.15) is 32.6 Å². The molecule has 1 aliphatic heterocycles. The third kappa shape index (κ3) is 2.78. The van der Waals surface area contributed by atoms with Gasteiger partial charge in [0.15, 0.2) is 0 Å². The fourth-order valence-electron chi connectivity index (χ4n) is 3.65. The Hall–Kier alpha value is -0.650. The number of rotatable bonds is 4. The highest BCUT2D eigenvalue weighted by Gasteiger charge is 2.45. The maximum atomic E-state index is 11.7. The molecule has 1 saturated heterocycles. The molecule has 0 aromatic heterocycles. The van der Waals surface area contributed by atoms with E-state index >= 15 is 0 Å². The molecule has 3 atom stereocenters. The van der Waals surface area contributed by atoms with E-state index in [4.69, 9.17) is 5.73 Å². The molecule has 5 heteroatoms. The summed E-state index contributed by atoms with van der Waals surface area (Å²) < 4.78 is 0. The van der Waals surface area contributed by atoms with Gasteiger partial charge in [-0.15, -0.1) is 0 Å². The molecular weight excluding hydrogens is 240 g/mol. The second-order valence-corrected chi connectivity index (χ2v) is 6.13. The molecule has 19 heavy (non-hydrogen) atoms. The van der Waals surface area contributed by atoms with E-state index in [-0.39, 0.29) is 5.91 Å². The number of hydrogen-bond donors (Lipinski definition) is 2. The molecule has 1 saturated carbocycles. The molecule has 5 nitrogen and oxygen atoms in total. The van der Waals surface area contributed by atoms with Gasteiger partial charge in [-0.25, -0.2) is 0 Å². The van der Waals surface area contributed by atoms with Crippen LogP contribution < -0.4 is 11.1 Å². The number of nitrogens with zero attached hydrogens (tertiary/aromatic N) is 2. The lowest BCUT2D eigenvalue weighted by atomic mass is 9.96. The number of piperazine rings is 1. The summed E-state index contributed by atoms with van der Waals surface area (Å²) in [5, 5.41) is 3.17. The number of nitrogens with two attached hydrogens (primary N) is 1. The van der Waals surface area contributed by atoms with Crippen LogP contribution in [0.4, 0.5) is 0 Å². The Morgan fingerprint density at radius 2 is 2.21 bits per heavy atom. The maximum absolute atomic E-state index is 11.7. The summed E-state index contributed by atoms with van der Waals surface area (Å²) in [6.45, 7) is 5.60. The maximum Gasteiger partial charge on any atom is 0.237 e. The molecule has 0 aromatic rings. The number of amides is 1. The van der Waals surface area contributed by atoms with Crippen LogP contribution in [0.15, 0.2) is 0 Å². The van der Waals surface area contributed by atoms with Crippen LogP contribution in [0, 0.1) is 0 Å². The first-order chi connectivity index (χ1) is 9.02. The summed E-state index contributed by atoms with van der Waals surface area (Å²) in [5.74, 6) is -0.196. The number of hydrogen-bond acceptors (Lipinski definition) is 4. The van der Waals surface area contributed by atoms with Crippen molar-refractivity contribution in [1.82, 2.24) is 15.1 Å². The monoisotopic (exact) mass is 268 g/mol. The highest BCUT2D eigenvalue weighted by molar-refractivity contribution is 5.85. The van der Waals surface area contributed by atoms with Crippen molar-refractivity contribution in [3.63, 3.8) is 0 Å². The standard InChI is InChI=1S/C14H28N4O/c1-4-11-10-18(8-7-17(11)3)12-5-6-14(9-12,16-2)13(15)19/h11-12,16H,4-10H2,1-3H3,(H2,15,19). The Bertz CT molecular complexity index is 335. The molecule has 0 spiro atoms. The van der Waals surface area contributed by atoms with E-state index in [1.807, 2.05) is 7.05 Å². The second kappa shape index (κ2) is 5.77. The Labute approximate surface area is 116 Å². The van der Waals surface area contributed by atoms with Gasteiger partial charge in [0.05, 0.1) is 5.54 Å². The molecule has 1 heterocycles. The Balaban J connectivity index is 1.99. The topological polar surface area (TPSA) is 61.6 Å². The number of nitrogens with one attached hydrogen (secondary N) is 1. The molecule has 2 rings (SSSR count). The third-order valence-corrected chi connectivity index (χ3v) is 5.23.